The molecule has 0 aliphatic carbocycles. The molecule has 1 aliphatic rings. The fourth-order valence-corrected chi connectivity index (χ4v) is 2.89. The van der Waals surface area contributed by atoms with Crippen LogP contribution in [-0.2, 0) is 11.3 Å². The average Bonchev–Trinajstić information content (AvgIpc) is 2.69. The monoisotopic (exact) mass is 371 g/mol. The highest BCUT2D eigenvalue weighted by atomic mass is 19.1. The molecule has 2 aromatic rings. The Labute approximate surface area is 157 Å². The summed E-state index contributed by atoms with van der Waals surface area (Å²) in [6, 6.07) is 10.8. The maximum absolute atomic E-state index is 12.9. The smallest absolute Gasteiger partial charge is 0.319 e. The van der Waals surface area contributed by atoms with Gasteiger partial charge in [-0.2, -0.15) is 0 Å². The SMILES string of the molecule is Cc1c(NC(=O)NCc2ccc(F)cc2)cccc1C(=O)N1CCOCC1. The third-order valence-electron chi connectivity index (χ3n) is 4.48. The van der Waals surface area contributed by atoms with E-state index in [9.17, 15) is 14.0 Å². The molecule has 2 aromatic carbocycles. The number of halogens is 1. The Kier molecular flexibility index (Phi) is 6.03. The average molecular weight is 371 g/mol. The van der Waals surface area contributed by atoms with E-state index in [1.54, 1.807) is 35.2 Å². The second kappa shape index (κ2) is 8.64. The highest BCUT2D eigenvalue weighted by Gasteiger charge is 2.21. The van der Waals surface area contributed by atoms with E-state index in [0.29, 0.717) is 43.1 Å². The molecule has 7 heteroatoms. The number of hydrogen-bond donors (Lipinski definition) is 2. The normalized spacial score (nSPS) is 13.9. The Hall–Kier alpha value is -2.93. The van der Waals surface area contributed by atoms with Crippen LogP contribution in [0.4, 0.5) is 14.9 Å². The number of benzene rings is 2. The lowest BCUT2D eigenvalue weighted by Crippen LogP contribution is -2.41. The number of carbonyl (C=O) groups excluding carboxylic acids is 2. The van der Waals surface area contributed by atoms with Crippen LogP contribution in [0.3, 0.4) is 0 Å². The van der Waals surface area contributed by atoms with E-state index in [2.05, 4.69) is 10.6 Å². The second-order valence-corrected chi connectivity index (χ2v) is 6.32. The van der Waals surface area contributed by atoms with Gasteiger partial charge in [0.25, 0.3) is 5.91 Å². The fraction of sp³-hybridized carbons (Fsp3) is 0.300. The lowest BCUT2D eigenvalue weighted by atomic mass is 10.1. The van der Waals surface area contributed by atoms with Gasteiger partial charge in [0.2, 0.25) is 0 Å². The summed E-state index contributed by atoms with van der Waals surface area (Å²) in [4.78, 5) is 26.6. The number of morpholine rings is 1. The van der Waals surface area contributed by atoms with Crippen LogP contribution < -0.4 is 10.6 Å². The van der Waals surface area contributed by atoms with Crippen molar-refractivity contribution < 1.29 is 18.7 Å². The van der Waals surface area contributed by atoms with Gasteiger partial charge < -0.3 is 20.3 Å². The summed E-state index contributed by atoms with van der Waals surface area (Å²) < 4.78 is 18.2. The first kappa shape index (κ1) is 18.8. The molecule has 0 saturated carbocycles. The molecule has 142 valence electrons. The number of rotatable bonds is 4. The van der Waals surface area contributed by atoms with Crippen LogP contribution in [0, 0.1) is 12.7 Å². The van der Waals surface area contributed by atoms with Gasteiger partial charge in [0, 0.05) is 30.9 Å². The molecular weight excluding hydrogens is 349 g/mol. The van der Waals surface area contributed by atoms with Crippen molar-refractivity contribution in [1.29, 1.82) is 0 Å². The van der Waals surface area contributed by atoms with Gasteiger partial charge in [-0.3, -0.25) is 4.79 Å². The molecule has 0 spiro atoms. The maximum atomic E-state index is 12.9. The van der Waals surface area contributed by atoms with E-state index < -0.39 is 6.03 Å². The van der Waals surface area contributed by atoms with Crippen molar-refractivity contribution in [2.24, 2.45) is 0 Å². The molecule has 1 heterocycles. The van der Waals surface area contributed by atoms with Gasteiger partial charge in [-0.1, -0.05) is 18.2 Å². The first-order chi connectivity index (χ1) is 13.0. The van der Waals surface area contributed by atoms with Crippen LogP contribution in [0.1, 0.15) is 21.5 Å². The van der Waals surface area contributed by atoms with Crippen molar-refractivity contribution in [2.75, 3.05) is 31.6 Å². The fourth-order valence-electron chi connectivity index (χ4n) is 2.89. The predicted octanol–water partition coefficient (Wildman–Crippen LogP) is 2.93. The molecule has 0 bridgehead atoms. The summed E-state index contributed by atoms with van der Waals surface area (Å²) in [5, 5.41) is 5.49. The van der Waals surface area contributed by atoms with Gasteiger partial charge in [-0.15, -0.1) is 0 Å². The zero-order valence-electron chi connectivity index (χ0n) is 15.1. The van der Waals surface area contributed by atoms with E-state index in [-0.39, 0.29) is 18.3 Å². The Morgan fingerprint density at radius 3 is 2.52 bits per heavy atom. The third kappa shape index (κ3) is 4.83. The van der Waals surface area contributed by atoms with E-state index in [1.165, 1.54) is 12.1 Å². The molecule has 27 heavy (non-hydrogen) atoms. The highest BCUT2D eigenvalue weighted by molar-refractivity contribution is 5.99. The quantitative estimate of drug-likeness (QED) is 0.868. The first-order valence-electron chi connectivity index (χ1n) is 8.80. The summed E-state index contributed by atoms with van der Waals surface area (Å²) in [5.74, 6) is -0.383. The highest BCUT2D eigenvalue weighted by Crippen LogP contribution is 2.21. The Bertz CT molecular complexity index is 818. The molecule has 6 nitrogen and oxygen atoms in total. The third-order valence-corrected chi connectivity index (χ3v) is 4.48. The molecule has 0 atom stereocenters. The van der Waals surface area contributed by atoms with Crippen LogP contribution >= 0.6 is 0 Å². The molecule has 0 radical (unpaired) electrons. The summed E-state index contributed by atoms with van der Waals surface area (Å²) >= 11 is 0. The van der Waals surface area contributed by atoms with Gasteiger partial charge >= 0.3 is 6.03 Å². The van der Waals surface area contributed by atoms with E-state index in [0.717, 1.165) is 5.56 Å². The lowest BCUT2D eigenvalue weighted by molar-refractivity contribution is 0.0302. The molecule has 3 amide bonds. The number of hydrogen-bond acceptors (Lipinski definition) is 3. The molecule has 1 fully saturated rings. The second-order valence-electron chi connectivity index (χ2n) is 6.32. The minimum Gasteiger partial charge on any atom is -0.378 e. The molecule has 3 rings (SSSR count). The summed E-state index contributed by atoms with van der Waals surface area (Å²) in [6.07, 6.45) is 0. The summed E-state index contributed by atoms with van der Waals surface area (Å²) in [5.41, 5.74) is 2.64. The van der Waals surface area contributed by atoms with Crippen molar-refractivity contribution in [2.45, 2.75) is 13.5 Å². The Morgan fingerprint density at radius 1 is 1.11 bits per heavy atom. The minimum atomic E-state index is -0.390. The van der Waals surface area contributed by atoms with Crippen LogP contribution in [-0.4, -0.2) is 43.1 Å². The molecular formula is C20H22FN3O3. The van der Waals surface area contributed by atoms with Gasteiger partial charge in [-0.05, 0) is 42.3 Å². The number of amides is 3. The lowest BCUT2D eigenvalue weighted by Gasteiger charge is -2.27. The van der Waals surface area contributed by atoms with Crippen molar-refractivity contribution >= 4 is 17.6 Å². The minimum absolute atomic E-state index is 0.0637. The standard InChI is InChI=1S/C20H22FN3O3/c1-14-17(19(25)24-9-11-27-12-10-24)3-2-4-18(14)23-20(26)22-13-15-5-7-16(21)8-6-15/h2-8H,9-13H2,1H3,(H2,22,23,26). The van der Waals surface area contributed by atoms with Crippen LogP contribution in [0.25, 0.3) is 0 Å². The summed E-state index contributed by atoms with van der Waals surface area (Å²) in [6.45, 7) is 4.28. The van der Waals surface area contributed by atoms with Crippen molar-refractivity contribution in [1.82, 2.24) is 10.2 Å². The molecule has 2 N–H and O–H groups in total. The number of ether oxygens (including phenoxy) is 1. The largest absolute Gasteiger partial charge is 0.378 e. The molecule has 1 saturated heterocycles. The topological polar surface area (TPSA) is 70.7 Å². The van der Waals surface area contributed by atoms with Crippen LogP contribution in [0.2, 0.25) is 0 Å². The van der Waals surface area contributed by atoms with E-state index >= 15 is 0 Å². The Morgan fingerprint density at radius 2 is 1.81 bits per heavy atom. The van der Waals surface area contributed by atoms with E-state index in [1.807, 2.05) is 6.92 Å². The first-order valence-corrected chi connectivity index (χ1v) is 8.80. The van der Waals surface area contributed by atoms with Gasteiger partial charge in [-0.25, -0.2) is 9.18 Å². The summed E-state index contributed by atoms with van der Waals surface area (Å²) in [7, 11) is 0. The zero-order valence-corrected chi connectivity index (χ0v) is 15.1. The van der Waals surface area contributed by atoms with Gasteiger partial charge in [0.1, 0.15) is 5.82 Å². The number of nitrogens with one attached hydrogen (secondary N) is 2. The van der Waals surface area contributed by atoms with Crippen molar-refractivity contribution in [3.63, 3.8) is 0 Å². The number of nitrogens with zero attached hydrogens (tertiary/aromatic N) is 1. The molecule has 1 aliphatic heterocycles. The molecule has 0 aromatic heterocycles. The predicted molar refractivity (Wildman–Crippen MR) is 100 cm³/mol. The Balaban J connectivity index is 1.63. The number of carbonyl (C=O) groups is 2. The van der Waals surface area contributed by atoms with E-state index in [4.69, 9.17) is 4.74 Å². The van der Waals surface area contributed by atoms with Crippen molar-refractivity contribution in [3.05, 3.63) is 65.0 Å². The number of anilines is 1. The van der Waals surface area contributed by atoms with Crippen LogP contribution in [0.5, 0.6) is 0 Å². The van der Waals surface area contributed by atoms with Gasteiger partial charge in [0.05, 0.1) is 13.2 Å². The van der Waals surface area contributed by atoms with Crippen LogP contribution in [0.15, 0.2) is 42.5 Å². The molecule has 0 unspecified atom stereocenters. The van der Waals surface area contributed by atoms with Gasteiger partial charge in [0.15, 0.2) is 0 Å². The number of urea groups is 1. The zero-order chi connectivity index (χ0) is 19.2. The maximum Gasteiger partial charge on any atom is 0.319 e. The van der Waals surface area contributed by atoms with Crippen molar-refractivity contribution in [3.8, 4) is 0 Å².